The van der Waals surface area contributed by atoms with Gasteiger partial charge in [-0.1, -0.05) is 18.8 Å². The maximum atomic E-state index is 6.64. The van der Waals surface area contributed by atoms with E-state index in [0.717, 1.165) is 25.7 Å². The van der Waals surface area contributed by atoms with Crippen LogP contribution >= 0.6 is 0 Å². The summed E-state index contributed by atoms with van der Waals surface area (Å²) in [6.45, 7) is 0. The van der Waals surface area contributed by atoms with E-state index in [-0.39, 0.29) is 0 Å². The third-order valence-electron chi connectivity index (χ3n) is 1.37. The molecule has 0 rings (SSSR count). The average Bonchev–Trinajstić information content (AvgIpc) is 1.97. The van der Waals surface area contributed by atoms with E-state index in [2.05, 4.69) is 11.8 Å². The van der Waals surface area contributed by atoms with Gasteiger partial charge in [0.25, 0.3) is 0 Å². The fourth-order valence-electron chi connectivity index (χ4n) is 0.794. The largest absolute Gasteiger partial charge is 0.120 e. The normalized spacial score (nSPS) is 8.20. The highest BCUT2D eigenvalue weighted by Crippen LogP contribution is 2.03. The van der Waals surface area contributed by atoms with E-state index in [1.807, 2.05) is 0 Å². The molecule has 0 bridgehead atoms. The molecule has 0 aromatic carbocycles. The van der Waals surface area contributed by atoms with Gasteiger partial charge in [0.05, 0.1) is 0 Å². The SMILES string of the molecule is [C]#CCCCCCCC#C. The Hall–Kier alpha value is -0.880. The number of rotatable bonds is 5. The third-order valence-corrected chi connectivity index (χ3v) is 1.37. The zero-order valence-electron chi connectivity index (χ0n) is 6.32. The van der Waals surface area contributed by atoms with Crippen molar-refractivity contribution in [3.8, 4) is 18.3 Å². The Kier molecular flexibility index (Phi) is 7.41. The monoisotopic (exact) mass is 133 g/mol. The van der Waals surface area contributed by atoms with E-state index < -0.39 is 0 Å². The standard InChI is InChI=1S/C10H13/c1-3-5-7-9-10-8-6-4-2/h1H,5-10H2. The van der Waals surface area contributed by atoms with Gasteiger partial charge in [-0.25, -0.2) is 0 Å². The minimum atomic E-state index is 0.802. The van der Waals surface area contributed by atoms with Crippen molar-refractivity contribution in [3.05, 3.63) is 6.42 Å². The van der Waals surface area contributed by atoms with Crippen molar-refractivity contribution in [1.29, 1.82) is 0 Å². The van der Waals surface area contributed by atoms with Gasteiger partial charge in [-0.3, -0.25) is 0 Å². The van der Waals surface area contributed by atoms with E-state index in [1.54, 1.807) is 0 Å². The van der Waals surface area contributed by atoms with E-state index in [0.29, 0.717) is 0 Å². The first kappa shape index (κ1) is 9.12. The summed E-state index contributed by atoms with van der Waals surface area (Å²) in [4.78, 5) is 0. The molecule has 0 aliphatic heterocycles. The highest BCUT2D eigenvalue weighted by atomic mass is 13.9. The molecule has 0 N–H and O–H groups in total. The molecule has 0 aromatic rings. The van der Waals surface area contributed by atoms with Gasteiger partial charge in [0.15, 0.2) is 0 Å². The molecule has 0 saturated carbocycles. The van der Waals surface area contributed by atoms with Crippen LogP contribution in [-0.4, -0.2) is 0 Å². The lowest BCUT2D eigenvalue weighted by molar-refractivity contribution is 0.661. The molecule has 0 heteroatoms. The molecule has 10 heavy (non-hydrogen) atoms. The van der Waals surface area contributed by atoms with Crippen LogP contribution in [0.4, 0.5) is 0 Å². The second-order valence-electron chi connectivity index (χ2n) is 2.30. The summed E-state index contributed by atoms with van der Waals surface area (Å²) in [6, 6.07) is 0. The maximum absolute atomic E-state index is 6.64. The quantitative estimate of drug-likeness (QED) is 0.399. The van der Waals surface area contributed by atoms with Gasteiger partial charge in [0.2, 0.25) is 0 Å². The Bertz CT molecular complexity index is 113. The molecule has 0 aromatic heterocycles. The molecule has 53 valence electrons. The Morgan fingerprint density at radius 3 is 2.10 bits per heavy atom. The minimum Gasteiger partial charge on any atom is -0.120 e. The van der Waals surface area contributed by atoms with Crippen molar-refractivity contribution in [1.82, 2.24) is 0 Å². The fourth-order valence-corrected chi connectivity index (χ4v) is 0.794. The Labute approximate surface area is 64.0 Å². The molecule has 1 radical (unpaired) electrons. The van der Waals surface area contributed by atoms with Crippen LogP contribution in [0, 0.1) is 24.7 Å². The first-order valence-corrected chi connectivity index (χ1v) is 3.75. The second kappa shape index (κ2) is 8.12. The Balaban J connectivity index is 2.80. The third kappa shape index (κ3) is 7.12. The van der Waals surface area contributed by atoms with Crippen LogP contribution in [0.3, 0.4) is 0 Å². The minimum absolute atomic E-state index is 0.802. The molecule has 0 fully saturated rings. The molecule has 0 saturated heterocycles. The molecule has 0 unspecified atom stereocenters. The van der Waals surface area contributed by atoms with Gasteiger partial charge in [-0.2, -0.15) is 0 Å². The lowest BCUT2D eigenvalue weighted by Gasteiger charge is -1.93. The molecular formula is C10H13. The first-order chi connectivity index (χ1) is 4.91. The summed E-state index contributed by atoms with van der Waals surface area (Å²) >= 11 is 0. The van der Waals surface area contributed by atoms with Crippen molar-refractivity contribution < 1.29 is 0 Å². The van der Waals surface area contributed by atoms with Crippen LogP contribution < -0.4 is 0 Å². The van der Waals surface area contributed by atoms with E-state index >= 15 is 0 Å². The summed E-state index contributed by atoms with van der Waals surface area (Å²) < 4.78 is 0. The fraction of sp³-hybridized carbons (Fsp3) is 0.600. The van der Waals surface area contributed by atoms with Crippen LogP contribution in [0.2, 0.25) is 0 Å². The van der Waals surface area contributed by atoms with E-state index in [9.17, 15) is 0 Å². The second-order valence-corrected chi connectivity index (χ2v) is 2.30. The first-order valence-electron chi connectivity index (χ1n) is 3.75. The van der Waals surface area contributed by atoms with Crippen molar-refractivity contribution in [2.75, 3.05) is 0 Å². The Morgan fingerprint density at radius 2 is 1.60 bits per heavy atom. The van der Waals surface area contributed by atoms with Crippen LogP contribution in [0.1, 0.15) is 38.5 Å². The lowest BCUT2D eigenvalue weighted by Crippen LogP contribution is -1.76. The van der Waals surface area contributed by atoms with Gasteiger partial charge >= 0.3 is 0 Å². The predicted octanol–water partition coefficient (Wildman–Crippen LogP) is 2.55. The van der Waals surface area contributed by atoms with E-state index in [1.165, 1.54) is 12.8 Å². The number of terminal acetylenes is 1. The van der Waals surface area contributed by atoms with Gasteiger partial charge < -0.3 is 0 Å². The molecule has 0 aliphatic carbocycles. The van der Waals surface area contributed by atoms with Crippen molar-refractivity contribution in [2.45, 2.75) is 38.5 Å². The number of hydrogen-bond acceptors (Lipinski definition) is 0. The zero-order chi connectivity index (χ0) is 7.66. The molecule has 0 atom stereocenters. The van der Waals surface area contributed by atoms with Crippen molar-refractivity contribution >= 4 is 0 Å². The molecular weight excluding hydrogens is 120 g/mol. The van der Waals surface area contributed by atoms with Crippen LogP contribution in [0.5, 0.6) is 0 Å². The summed E-state index contributed by atoms with van der Waals surface area (Å²) in [5, 5.41) is 0. The zero-order valence-corrected chi connectivity index (χ0v) is 6.32. The van der Waals surface area contributed by atoms with Crippen LogP contribution in [-0.2, 0) is 0 Å². The van der Waals surface area contributed by atoms with Crippen LogP contribution in [0.15, 0.2) is 0 Å². The average molecular weight is 133 g/mol. The molecule has 0 spiro atoms. The van der Waals surface area contributed by atoms with Gasteiger partial charge in [0, 0.05) is 12.8 Å². The van der Waals surface area contributed by atoms with E-state index in [4.69, 9.17) is 12.8 Å². The van der Waals surface area contributed by atoms with Gasteiger partial charge in [-0.05, 0) is 19.3 Å². The summed E-state index contributed by atoms with van der Waals surface area (Å²) in [5.41, 5.74) is 0. The highest BCUT2D eigenvalue weighted by Gasteiger charge is 1.85. The summed E-state index contributed by atoms with van der Waals surface area (Å²) in [5.74, 6) is 4.97. The predicted molar refractivity (Wildman–Crippen MR) is 43.7 cm³/mol. The van der Waals surface area contributed by atoms with Crippen molar-refractivity contribution in [2.24, 2.45) is 0 Å². The number of unbranched alkanes of at least 4 members (excludes halogenated alkanes) is 5. The Morgan fingerprint density at radius 1 is 1.00 bits per heavy atom. The highest BCUT2D eigenvalue weighted by molar-refractivity contribution is 4.82. The van der Waals surface area contributed by atoms with Gasteiger partial charge in [-0.15, -0.1) is 12.3 Å². The van der Waals surface area contributed by atoms with Crippen molar-refractivity contribution in [3.63, 3.8) is 0 Å². The molecule has 0 nitrogen and oxygen atoms in total. The topological polar surface area (TPSA) is 0 Å². The molecule has 0 aliphatic rings. The van der Waals surface area contributed by atoms with Gasteiger partial charge in [0.1, 0.15) is 0 Å². The molecule has 0 heterocycles. The van der Waals surface area contributed by atoms with Crippen LogP contribution in [0.25, 0.3) is 0 Å². The summed E-state index contributed by atoms with van der Waals surface area (Å²) in [7, 11) is 0. The number of hydrogen-bond donors (Lipinski definition) is 0. The molecule has 0 amide bonds. The maximum Gasteiger partial charge on any atom is 0.00989 e. The smallest absolute Gasteiger partial charge is 0.00989 e. The summed E-state index contributed by atoms with van der Waals surface area (Å²) in [6.07, 6.45) is 18.0. The lowest BCUT2D eigenvalue weighted by atomic mass is 10.1.